The zero-order valence-corrected chi connectivity index (χ0v) is 22.9. The first-order chi connectivity index (χ1) is 18.6. The van der Waals surface area contributed by atoms with Gasteiger partial charge in [0, 0.05) is 32.1 Å². The predicted octanol–water partition coefficient (Wildman–Crippen LogP) is -2.95. The third-order valence-corrected chi connectivity index (χ3v) is 7.06. The number of rotatable bonds is 17. The van der Waals surface area contributed by atoms with Gasteiger partial charge in [0.1, 0.15) is 42.7 Å². The molecule has 14 heteroatoms. The largest absolute Gasteiger partial charge is 0.394 e. The van der Waals surface area contributed by atoms with Crippen molar-refractivity contribution < 1.29 is 54.4 Å². The van der Waals surface area contributed by atoms with E-state index in [0.717, 1.165) is 32.1 Å². The molecular weight excluding hydrogens is 518 g/mol. The predicted molar refractivity (Wildman–Crippen MR) is 138 cm³/mol. The molecule has 2 saturated heterocycles. The van der Waals surface area contributed by atoms with Crippen LogP contribution < -0.4 is 16.4 Å². The fraction of sp³-hybridized carbons (Fsp3) is 0.960. The van der Waals surface area contributed by atoms with E-state index in [-0.39, 0.29) is 18.6 Å². The quantitative estimate of drug-likeness (QED) is 0.0802. The summed E-state index contributed by atoms with van der Waals surface area (Å²) in [4.78, 5) is 11.6. The number of carbonyl (C=O) groups excluding carboxylic acids is 1. The molecule has 0 aromatic heterocycles. The topological polar surface area (TPSA) is 225 Å². The number of aliphatic hydroxyl groups excluding tert-OH is 6. The molecule has 0 saturated carbocycles. The number of nitrogens with two attached hydrogens (primary N) is 1. The number of ether oxygens (including phenoxy) is 4. The average Bonchev–Trinajstić information content (AvgIpc) is 2.92. The minimum absolute atomic E-state index is 0.0331. The van der Waals surface area contributed by atoms with E-state index in [2.05, 4.69) is 10.6 Å². The molecule has 2 rings (SSSR count). The molecule has 2 aliphatic rings. The number of hydrogen-bond acceptors (Lipinski definition) is 13. The molecule has 2 aliphatic heterocycles. The van der Waals surface area contributed by atoms with Crippen LogP contribution in [0.15, 0.2) is 0 Å². The first kappa shape index (κ1) is 34.2. The summed E-state index contributed by atoms with van der Waals surface area (Å²) >= 11 is 0. The Morgan fingerprint density at radius 2 is 1.64 bits per heavy atom. The molecule has 11 atom stereocenters. The summed E-state index contributed by atoms with van der Waals surface area (Å²) < 4.78 is 22.5. The van der Waals surface area contributed by atoms with Crippen molar-refractivity contribution in [3.05, 3.63) is 0 Å². The number of nitrogens with one attached hydrogen (secondary N) is 2. The molecule has 0 aliphatic carbocycles. The Morgan fingerprint density at radius 3 is 2.33 bits per heavy atom. The summed E-state index contributed by atoms with van der Waals surface area (Å²) in [6.45, 7) is 4.51. The van der Waals surface area contributed by atoms with Gasteiger partial charge >= 0.3 is 0 Å². The second kappa shape index (κ2) is 17.7. The summed E-state index contributed by atoms with van der Waals surface area (Å²) in [6.07, 6.45) is -8.18. The summed E-state index contributed by atoms with van der Waals surface area (Å²) in [5, 5.41) is 66.8. The second-order valence-corrected chi connectivity index (χ2v) is 10.3. The van der Waals surface area contributed by atoms with Crippen LogP contribution in [0.1, 0.15) is 52.4 Å². The second-order valence-electron chi connectivity index (χ2n) is 10.3. The molecule has 1 amide bonds. The van der Waals surface area contributed by atoms with Crippen LogP contribution in [0.4, 0.5) is 0 Å². The molecule has 2 heterocycles. The van der Waals surface area contributed by atoms with Gasteiger partial charge in [0.25, 0.3) is 0 Å². The minimum Gasteiger partial charge on any atom is -0.394 e. The fourth-order valence-corrected chi connectivity index (χ4v) is 4.59. The highest BCUT2D eigenvalue weighted by Gasteiger charge is 2.50. The summed E-state index contributed by atoms with van der Waals surface area (Å²) in [6, 6.07) is 0.207. The summed E-state index contributed by atoms with van der Waals surface area (Å²) in [5.74, 6) is 0.0331. The monoisotopic (exact) mass is 567 g/mol. The van der Waals surface area contributed by atoms with E-state index in [9.17, 15) is 35.4 Å². The SMILES string of the molecule is CC(CCCCCCC(=O)NCCN)NCCO[C@@H]1O[C@H](CO)[C@H](O)[C@H](O)[C@H]1O[C@@H]1O[C@@H](C)[C@@H](O)[C@@H](O)[C@@H]1O. The van der Waals surface area contributed by atoms with Crippen LogP contribution in [0.25, 0.3) is 0 Å². The lowest BCUT2D eigenvalue weighted by Gasteiger charge is -2.45. The normalized spacial score (nSPS) is 36.0. The van der Waals surface area contributed by atoms with E-state index >= 15 is 0 Å². The first-order valence-electron chi connectivity index (χ1n) is 13.9. The van der Waals surface area contributed by atoms with Gasteiger partial charge in [0.05, 0.1) is 19.3 Å². The molecule has 230 valence electrons. The molecule has 14 nitrogen and oxygen atoms in total. The maximum Gasteiger partial charge on any atom is 0.220 e. The fourth-order valence-electron chi connectivity index (χ4n) is 4.59. The van der Waals surface area contributed by atoms with Crippen LogP contribution in [-0.4, -0.2) is 137 Å². The Labute approximate surface area is 229 Å². The Morgan fingerprint density at radius 1 is 0.923 bits per heavy atom. The van der Waals surface area contributed by atoms with Gasteiger partial charge < -0.3 is 66.0 Å². The van der Waals surface area contributed by atoms with Crippen molar-refractivity contribution in [3.8, 4) is 0 Å². The third kappa shape index (κ3) is 10.7. The molecule has 1 unspecified atom stereocenters. The van der Waals surface area contributed by atoms with Crippen molar-refractivity contribution in [2.75, 3.05) is 32.8 Å². The van der Waals surface area contributed by atoms with Gasteiger partial charge in [-0.05, 0) is 26.7 Å². The summed E-state index contributed by atoms with van der Waals surface area (Å²) in [7, 11) is 0. The van der Waals surface area contributed by atoms with Gasteiger partial charge in [0.15, 0.2) is 12.6 Å². The molecule has 0 radical (unpaired) electrons. The number of hydrogen-bond donors (Lipinski definition) is 9. The highest BCUT2D eigenvalue weighted by Crippen LogP contribution is 2.29. The average molecular weight is 568 g/mol. The van der Waals surface area contributed by atoms with Gasteiger partial charge in [-0.2, -0.15) is 0 Å². The van der Waals surface area contributed by atoms with Crippen molar-refractivity contribution in [2.24, 2.45) is 5.73 Å². The highest BCUT2D eigenvalue weighted by atomic mass is 16.8. The van der Waals surface area contributed by atoms with Gasteiger partial charge in [-0.3, -0.25) is 4.79 Å². The van der Waals surface area contributed by atoms with Crippen molar-refractivity contribution in [1.82, 2.24) is 10.6 Å². The lowest BCUT2D eigenvalue weighted by atomic mass is 9.97. The molecule has 0 spiro atoms. The zero-order chi connectivity index (χ0) is 28.9. The Hall–Kier alpha value is -1.01. The van der Waals surface area contributed by atoms with Crippen molar-refractivity contribution in [3.63, 3.8) is 0 Å². The number of unbranched alkanes of at least 4 members (excludes halogenated alkanes) is 3. The molecular formula is C25H49N3O11. The zero-order valence-electron chi connectivity index (χ0n) is 22.9. The van der Waals surface area contributed by atoms with E-state index in [0.29, 0.717) is 26.1 Å². The molecule has 10 N–H and O–H groups in total. The van der Waals surface area contributed by atoms with Gasteiger partial charge in [-0.15, -0.1) is 0 Å². The van der Waals surface area contributed by atoms with Crippen LogP contribution in [-0.2, 0) is 23.7 Å². The maximum absolute atomic E-state index is 11.6. The standard InChI is InChI=1S/C25H49N3O11/c1-14(7-5-3-4-6-8-17(30)28-10-9-26)27-11-12-36-25-23(21(34)19(32)16(13-29)38-25)39-24-22(35)20(33)18(31)15(2)37-24/h14-16,18-25,27,29,31-35H,3-13,26H2,1-2H3,(H,28,30)/t14?,15-,16+,18+,19-,20+,21-,22-,23+,24-,25+/m0/s1. The van der Waals surface area contributed by atoms with Crippen molar-refractivity contribution in [1.29, 1.82) is 0 Å². The molecule has 39 heavy (non-hydrogen) atoms. The van der Waals surface area contributed by atoms with Crippen LogP contribution >= 0.6 is 0 Å². The van der Waals surface area contributed by atoms with Crippen molar-refractivity contribution in [2.45, 2.75) is 120 Å². The number of carbonyl (C=O) groups is 1. The smallest absolute Gasteiger partial charge is 0.220 e. The molecule has 2 fully saturated rings. The Bertz CT molecular complexity index is 694. The van der Waals surface area contributed by atoms with Crippen LogP contribution in [0, 0.1) is 0 Å². The van der Waals surface area contributed by atoms with E-state index in [1.54, 1.807) is 0 Å². The Kier molecular flexibility index (Phi) is 15.5. The van der Waals surface area contributed by atoms with E-state index in [1.807, 2.05) is 6.92 Å². The summed E-state index contributed by atoms with van der Waals surface area (Å²) in [5.41, 5.74) is 5.36. The van der Waals surface area contributed by atoms with Crippen LogP contribution in [0.2, 0.25) is 0 Å². The molecule has 0 aromatic carbocycles. The molecule has 0 aromatic rings. The number of amides is 1. The molecule has 0 bridgehead atoms. The van der Waals surface area contributed by atoms with E-state index < -0.39 is 68.0 Å². The minimum atomic E-state index is -1.62. The third-order valence-electron chi connectivity index (χ3n) is 7.06. The maximum atomic E-state index is 11.6. The van der Waals surface area contributed by atoms with E-state index in [1.165, 1.54) is 6.92 Å². The number of aliphatic hydroxyl groups is 6. The highest BCUT2D eigenvalue weighted by molar-refractivity contribution is 5.75. The van der Waals surface area contributed by atoms with Gasteiger partial charge in [-0.25, -0.2) is 0 Å². The van der Waals surface area contributed by atoms with Gasteiger partial charge in [0.2, 0.25) is 5.91 Å². The Balaban J connectivity index is 1.75. The van der Waals surface area contributed by atoms with Gasteiger partial charge in [-0.1, -0.05) is 19.3 Å². The van der Waals surface area contributed by atoms with Crippen LogP contribution in [0.3, 0.4) is 0 Å². The van der Waals surface area contributed by atoms with Crippen LogP contribution in [0.5, 0.6) is 0 Å². The van der Waals surface area contributed by atoms with E-state index in [4.69, 9.17) is 24.7 Å². The lowest BCUT2D eigenvalue weighted by molar-refractivity contribution is -0.364. The van der Waals surface area contributed by atoms with Crippen molar-refractivity contribution >= 4 is 5.91 Å². The first-order valence-corrected chi connectivity index (χ1v) is 13.9. The lowest BCUT2D eigenvalue weighted by Crippen LogP contribution is -2.64.